The molecule has 2 fully saturated rings. The number of hydrogen-bond donors (Lipinski definition) is 2. The highest BCUT2D eigenvalue weighted by molar-refractivity contribution is 5.87. The maximum Gasteiger partial charge on any atom is 0.242 e. The van der Waals surface area contributed by atoms with E-state index in [2.05, 4.69) is 10.6 Å². The van der Waals surface area contributed by atoms with Gasteiger partial charge in [-0.2, -0.15) is 0 Å². The quantitative estimate of drug-likeness (QED) is 0.822. The molecule has 2 aliphatic heterocycles. The molecule has 2 saturated heterocycles. The van der Waals surface area contributed by atoms with Gasteiger partial charge in [-0.25, -0.2) is 0 Å². The number of carbonyl (C=O) groups excluding carboxylic acids is 2. The first-order valence-electron chi connectivity index (χ1n) is 7.94. The first-order chi connectivity index (χ1) is 9.72. The van der Waals surface area contributed by atoms with Gasteiger partial charge in [-0.1, -0.05) is 0 Å². The SMILES string of the molecule is CNC(=O)C1CCCCN1C(=O)CCC1CCNCC1.Cl. The van der Waals surface area contributed by atoms with Crippen molar-refractivity contribution in [1.29, 1.82) is 0 Å². The molecule has 0 aliphatic carbocycles. The molecule has 122 valence electrons. The summed E-state index contributed by atoms with van der Waals surface area (Å²) in [5, 5.41) is 6.03. The first-order valence-corrected chi connectivity index (χ1v) is 7.94. The van der Waals surface area contributed by atoms with Gasteiger partial charge in [0.2, 0.25) is 11.8 Å². The number of likely N-dealkylation sites (tertiary alicyclic amines) is 1. The number of piperidine rings is 2. The van der Waals surface area contributed by atoms with Crippen LogP contribution in [0.5, 0.6) is 0 Å². The van der Waals surface area contributed by atoms with Crippen LogP contribution in [0.25, 0.3) is 0 Å². The zero-order chi connectivity index (χ0) is 14.4. The van der Waals surface area contributed by atoms with Crippen molar-refractivity contribution in [2.45, 2.75) is 51.0 Å². The van der Waals surface area contributed by atoms with Gasteiger partial charge in [0.1, 0.15) is 6.04 Å². The monoisotopic (exact) mass is 317 g/mol. The molecule has 2 aliphatic rings. The molecule has 1 atom stereocenters. The number of nitrogens with zero attached hydrogens (tertiary/aromatic N) is 1. The summed E-state index contributed by atoms with van der Waals surface area (Å²) >= 11 is 0. The lowest BCUT2D eigenvalue weighted by Crippen LogP contribution is -2.51. The molecule has 2 amide bonds. The van der Waals surface area contributed by atoms with Crippen LogP contribution >= 0.6 is 12.4 Å². The van der Waals surface area contributed by atoms with E-state index in [-0.39, 0.29) is 30.3 Å². The summed E-state index contributed by atoms with van der Waals surface area (Å²) in [6.07, 6.45) is 6.77. The Kier molecular flexibility index (Phi) is 8.04. The Bertz CT molecular complexity index is 346. The van der Waals surface area contributed by atoms with Crippen LogP contribution in [0.1, 0.15) is 44.9 Å². The summed E-state index contributed by atoms with van der Waals surface area (Å²) in [7, 11) is 1.65. The Balaban J connectivity index is 0.00000220. The van der Waals surface area contributed by atoms with Crippen molar-refractivity contribution in [3.05, 3.63) is 0 Å². The number of nitrogens with one attached hydrogen (secondary N) is 2. The topological polar surface area (TPSA) is 61.4 Å². The second-order valence-electron chi connectivity index (χ2n) is 5.95. The molecule has 0 radical (unpaired) electrons. The molecule has 0 spiro atoms. The van der Waals surface area contributed by atoms with Gasteiger partial charge in [-0.3, -0.25) is 9.59 Å². The van der Waals surface area contributed by atoms with Crippen LogP contribution in [0.2, 0.25) is 0 Å². The van der Waals surface area contributed by atoms with Gasteiger partial charge in [-0.15, -0.1) is 12.4 Å². The Morgan fingerprint density at radius 2 is 1.90 bits per heavy atom. The molecule has 0 aromatic carbocycles. The molecule has 0 aromatic rings. The average Bonchev–Trinajstić information content (AvgIpc) is 2.52. The molecule has 2 heterocycles. The minimum atomic E-state index is -0.241. The lowest BCUT2D eigenvalue weighted by Gasteiger charge is -2.35. The summed E-state index contributed by atoms with van der Waals surface area (Å²) in [6, 6.07) is -0.241. The smallest absolute Gasteiger partial charge is 0.242 e. The second kappa shape index (κ2) is 9.26. The van der Waals surface area contributed by atoms with Crippen molar-refractivity contribution in [1.82, 2.24) is 15.5 Å². The van der Waals surface area contributed by atoms with E-state index in [9.17, 15) is 9.59 Å². The third kappa shape index (κ3) is 5.15. The lowest BCUT2D eigenvalue weighted by molar-refractivity contribution is -0.142. The Morgan fingerprint density at radius 3 is 2.57 bits per heavy atom. The molecular weight excluding hydrogens is 290 g/mol. The maximum atomic E-state index is 12.4. The second-order valence-corrected chi connectivity index (χ2v) is 5.95. The van der Waals surface area contributed by atoms with Crippen molar-refractivity contribution in [2.24, 2.45) is 5.92 Å². The number of rotatable bonds is 4. The normalized spacial score (nSPS) is 23.3. The molecule has 0 bridgehead atoms. The van der Waals surface area contributed by atoms with Gasteiger partial charge in [0.15, 0.2) is 0 Å². The van der Waals surface area contributed by atoms with E-state index in [1.54, 1.807) is 7.05 Å². The van der Waals surface area contributed by atoms with Crippen LogP contribution in [0.4, 0.5) is 0 Å². The van der Waals surface area contributed by atoms with Gasteiger partial charge in [0.05, 0.1) is 0 Å². The molecule has 0 saturated carbocycles. The zero-order valence-electron chi connectivity index (χ0n) is 12.9. The standard InChI is InChI=1S/C15H27N3O2.ClH/c1-16-15(20)13-4-2-3-11-18(13)14(19)6-5-12-7-9-17-10-8-12;/h12-13,17H,2-11H2,1H3,(H,16,20);1H. The maximum absolute atomic E-state index is 12.4. The number of halogens is 1. The third-order valence-electron chi connectivity index (χ3n) is 4.60. The molecule has 2 N–H and O–H groups in total. The van der Waals surface area contributed by atoms with Gasteiger partial charge in [0, 0.05) is 20.0 Å². The van der Waals surface area contributed by atoms with Crippen molar-refractivity contribution in [2.75, 3.05) is 26.7 Å². The summed E-state index contributed by atoms with van der Waals surface area (Å²) in [5.41, 5.74) is 0. The van der Waals surface area contributed by atoms with Crippen LogP contribution in [0, 0.1) is 5.92 Å². The Labute approximate surface area is 133 Å². The highest BCUT2D eigenvalue weighted by Crippen LogP contribution is 2.22. The van der Waals surface area contributed by atoms with E-state index in [0.29, 0.717) is 12.3 Å². The number of carbonyl (C=O) groups is 2. The molecule has 1 unspecified atom stereocenters. The summed E-state index contributed by atoms with van der Waals surface area (Å²) in [5.74, 6) is 0.820. The number of amides is 2. The highest BCUT2D eigenvalue weighted by Gasteiger charge is 2.31. The van der Waals surface area contributed by atoms with E-state index in [1.165, 1.54) is 12.8 Å². The molecule has 6 heteroatoms. The van der Waals surface area contributed by atoms with E-state index >= 15 is 0 Å². The summed E-state index contributed by atoms with van der Waals surface area (Å²) in [6.45, 7) is 2.88. The fourth-order valence-corrected chi connectivity index (χ4v) is 3.31. The van der Waals surface area contributed by atoms with Crippen LogP contribution in [-0.2, 0) is 9.59 Å². The van der Waals surface area contributed by atoms with Crippen LogP contribution in [0.3, 0.4) is 0 Å². The Hall–Kier alpha value is -0.810. The van der Waals surface area contributed by atoms with Crippen molar-refractivity contribution in [3.63, 3.8) is 0 Å². The zero-order valence-corrected chi connectivity index (χ0v) is 13.7. The van der Waals surface area contributed by atoms with E-state index in [1.807, 2.05) is 4.90 Å². The fraction of sp³-hybridized carbons (Fsp3) is 0.867. The molecule has 2 rings (SSSR count). The van der Waals surface area contributed by atoms with Gasteiger partial charge >= 0.3 is 0 Å². The van der Waals surface area contributed by atoms with Crippen molar-refractivity contribution >= 4 is 24.2 Å². The van der Waals surface area contributed by atoms with Crippen LogP contribution in [-0.4, -0.2) is 49.4 Å². The number of hydrogen-bond acceptors (Lipinski definition) is 3. The fourth-order valence-electron chi connectivity index (χ4n) is 3.31. The largest absolute Gasteiger partial charge is 0.357 e. The van der Waals surface area contributed by atoms with Crippen molar-refractivity contribution < 1.29 is 9.59 Å². The first kappa shape index (κ1) is 18.2. The van der Waals surface area contributed by atoms with E-state index in [4.69, 9.17) is 0 Å². The van der Waals surface area contributed by atoms with Gasteiger partial charge in [-0.05, 0) is 57.5 Å². The molecular formula is C15H28ClN3O2. The molecule has 5 nitrogen and oxygen atoms in total. The third-order valence-corrected chi connectivity index (χ3v) is 4.60. The number of likely N-dealkylation sites (N-methyl/N-ethyl adjacent to an activating group) is 1. The summed E-state index contributed by atoms with van der Waals surface area (Å²) in [4.78, 5) is 26.1. The minimum absolute atomic E-state index is 0. The highest BCUT2D eigenvalue weighted by atomic mass is 35.5. The minimum Gasteiger partial charge on any atom is -0.357 e. The van der Waals surface area contributed by atoms with Crippen LogP contribution < -0.4 is 10.6 Å². The molecule has 0 aromatic heterocycles. The lowest BCUT2D eigenvalue weighted by atomic mass is 9.92. The van der Waals surface area contributed by atoms with Gasteiger partial charge in [0.25, 0.3) is 0 Å². The van der Waals surface area contributed by atoms with Crippen LogP contribution in [0.15, 0.2) is 0 Å². The predicted molar refractivity (Wildman–Crippen MR) is 85.5 cm³/mol. The molecule has 21 heavy (non-hydrogen) atoms. The average molecular weight is 318 g/mol. The van der Waals surface area contributed by atoms with Crippen molar-refractivity contribution in [3.8, 4) is 0 Å². The van der Waals surface area contributed by atoms with Gasteiger partial charge < -0.3 is 15.5 Å². The Morgan fingerprint density at radius 1 is 1.19 bits per heavy atom. The van der Waals surface area contributed by atoms with E-state index < -0.39 is 0 Å². The predicted octanol–water partition coefficient (Wildman–Crippen LogP) is 1.32. The van der Waals surface area contributed by atoms with E-state index in [0.717, 1.165) is 45.3 Å². The summed E-state index contributed by atoms with van der Waals surface area (Å²) < 4.78 is 0.